The maximum Gasteiger partial charge on any atom is 0.240 e. The van der Waals surface area contributed by atoms with Crippen molar-refractivity contribution in [3.05, 3.63) is 29.3 Å². The van der Waals surface area contributed by atoms with E-state index < -0.39 is 0 Å². The van der Waals surface area contributed by atoms with Gasteiger partial charge in [-0.05, 0) is 61.1 Å². The molecule has 0 bridgehead atoms. The van der Waals surface area contributed by atoms with Crippen molar-refractivity contribution in [1.82, 2.24) is 0 Å². The lowest BCUT2D eigenvalue weighted by Gasteiger charge is -2.25. The molecule has 0 saturated heterocycles. The molecule has 0 radical (unpaired) electrons. The van der Waals surface area contributed by atoms with Crippen molar-refractivity contribution in [3.63, 3.8) is 0 Å². The predicted molar refractivity (Wildman–Crippen MR) is 85.9 cm³/mol. The molecule has 0 N–H and O–H groups in total. The summed E-state index contributed by atoms with van der Waals surface area (Å²) >= 11 is 0. The molecule has 1 aromatic carbocycles. The minimum atomic E-state index is 0.171. The first-order valence-corrected chi connectivity index (χ1v) is 7.91. The highest BCUT2D eigenvalue weighted by Crippen LogP contribution is 2.32. The second kappa shape index (κ2) is 7.84. The molecule has 1 fully saturated rings. The quantitative estimate of drug-likeness (QED) is 0.603. The summed E-state index contributed by atoms with van der Waals surface area (Å²) in [4.78, 5) is 28.4. The maximum absolute atomic E-state index is 10.5. The van der Waals surface area contributed by atoms with E-state index in [0.29, 0.717) is 11.8 Å². The second-order valence-electron chi connectivity index (χ2n) is 6.35. The van der Waals surface area contributed by atoms with E-state index in [1.165, 1.54) is 5.56 Å². The van der Waals surface area contributed by atoms with Crippen molar-refractivity contribution in [2.24, 2.45) is 15.9 Å². The van der Waals surface area contributed by atoms with E-state index in [1.54, 1.807) is 12.2 Å². The molecular weight excluding hydrogens is 276 g/mol. The summed E-state index contributed by atoms with van der Waals surface area (Å²) in [6.07, 6.45) is 8.48. The number of hydrogen-bond donors (Lipinski definition) is 0. The van der Waals surface area contributed by atoms with Gasteiger partial charge in [0.25, 0.3) is 0 Å². The molecule has 0 unspecified atom stereocenters. The second-order valence-corrected chi connectivity index (χ2v) is 6.35. The first-order valence-electron chi connectivity index (χ1n) is 7.91. The van der Waals surface area contributed by atoms with Crippen LogP contribution in [-0.4, -0.2) is 18.2 Å². The molecule has 1 aliphatic carbocycles. The van der Waals surface area contributed by atoms with Gasteiger partial charge < -0.3 is 0 Å². The van der Waals surface area contributed by atoms with Crippen LogP contribution in [0, 0.1) is 5.92 Å². The summed E-state index contributed by atoms with van der Waals surface area (Å²) < 4.78 is 0. The van der Waals surface area contributed by atoms with E-state index in [0.717, 1.165) is 43.4 Å². The number of carbonyl (C=O) groups excluding carboxylic acids is 2. The summed E-state index contributed by atoms with van der Waals surface area (Å²) in [5.41, 5.74) is 3.11. The topological polar surface area (TPSA) is 58.9 Å². The van der Waals surface area contributed by atoms with Crippen LogP contribution in [-0.2, 0) is 16.0 Å². The highest BCUT2D eigenvalue weighted by atomic mass is 16.1. The van der Waals surface area contributed by atoms with Gasteiger partial charge in [-0.3, -0.25) is 0 Å². The SMILES string of the molecule is CC(C)c1cc(CC2CCC(N=C=O)CC2)ccc1N=C=O. The largest absolute Gasteiger partial charge is 0.240 e. The van der Waals surface area contributed by atoms with Crippen LogP contribution in [0.25, 0.3) is 0 Å². The standard InChI is InChI=1S/C18H22N2O2/c1-13(2)17-10-15(5-8-18(17)20-12-22)9-14-3-6-16(7-4-14)19-11-21/h5,8,10,13-14,16H,3-4,6-7,9H2,1-2H3. The molecule has 116 valence electrons. The maximum atomic E-state index is 10.5. The van der Waals surface area contributed by atoms with Gasteiger partial charge in [-0.15, -0.1) is 0 Å². The number of nitrogens with zero attached hydrogens (tertiary/aromatic N) is 2. The molecule has 0 heterocycles. The van der Waals surface area contributed by atoms with Crippen LogP contribution < -0.4 is 0 Å². The average Bonchev–Trinajstić information content (AvgIpc) is 2.51. The number of aliphatic imine (C=N–C) groups is 2. The van der Waals surface area contributed by atoms with E-state index >= 15 is 0 Å². The predicted octanol–water partition coefficient (Wildman–Crippen LogP) is 4.21. The molecule has 0 aliphatic heterocycles. The van der Waals surface area contributed by atoms with E-state index in [2.05, 4.69) is 36.0 Å². The number of benzene rings is 1. The van der Waals surface area contributed by atoms with Gasteiger partial charge in [0.2, 0.25) is 12.2 Å². The fourth-order valence-corrected chi connectivity index (χ4v) is 3.23. The molecule has 0 spiro atoms. The fraction of sp³-hybridized carbons (Fsp3) is 0.556. The Labute approximate surface area is 131 Å². The number of rotatable bonds is 5. The van der Waals surface area contributed by atoms with Crippen LogP contribution >= 0.6 is 0 Å². The van der Waals surface area contributed by atoms with Gasteiger partial charge in [-0.1, -0.05) is 26.0 Å². The third kappa shape index (κ3) is 4.24. The van der Waals surface area contributed by atoms with E-state index in [1.807, 2.05) is 6.07 Å². The van der Waals surface area contributed by atoms with Gasteiger partial charge in [-0.2, -0.15) is 4.99 Å². The Balaban J connectivity index is 2.06. The van der Waals surface area contributed by atoms with Crippen LogP contribution in [0.1, 0.15) is 56.6 Å². The van der Waals surface area contributed by atoms with Crippen molar-refractivity contribution in [3.8, 4) is 0 Å². The van der Waals surface area contributed by atoms with Gasteiger partial charge >= 0.3 is 0 Å². The molecule has 22 heavy (non-hydrogen) atoms. The van der Waals surface area contributed by atoms with Crippen molar-refractivity contribution in [2.75, 3.05) is 0 Å². The van der Waals surface area contributed by atoms with Crippen molar-refractivity contribution in [2.45, 2.75) is 57.9 Å². The Morgan fingerprint density at radius 3 is 2.45 bits per heavy atom. The van der Waals surface area contributed by atoms with Crippen LogP contribution in [0.3, 0.4) is 0 Å². The number of isocyanates is 2. The Morgan fingerprint density at radius 2 is 1.86 bits per heavy atom. The van der Waals surface area contributed by atoms with Crippen molar-refractivity contribution >= 4 is 17.8 Å². The molecule has 2 rings (SSSR count). The molecule has 1 aliphatic rings. The summed E-state index contributed by atoms with van der Waals surface area (Å²) in [6, 6.07) is 6.30. The Kier molecular flexibility index (Phi) is 5.83. The lowest BCUT2D eigenvalue weighted by Crippen LogP contribution is -2.18. The normalized spacial score (nSPS) is 21.0. The van der Waals surface area contributed by atoms with Gasteiger partial charge in [0.1, 0.15) is 0 Å². The van der Waals surface area contributed by atoms with Crippen LogP contribution in [0.15, 0.2) is 28.2 Å². The highest BCUT2D eigenvalue weighted by molar-refractivity contribution is 5.55. The molecule has 0 amide bonds. The fourth-order valence-electron chi connectivity index (χ4n) is 3.23. The molecule has 1 saturated carbocycles. The zero-order valence-corrected chi connectivity index (χ0v) is 13.2. The van der Waals surface area contributed by atoms with Crippen LogP contribution in [0.5, 0.6) is 0 Å². The van der Waals surface area contributed by atoms with E-state index in [-0.39, 0.29) is 6.04 Å². The lowest BCUT2D eigenvalue weighted by molar-refractivity contribution is 0.325. The third-order valence-electron chi connectivity index (χ3n) is 4.46. The zero-order valence-electron chi connectivity index (χ0n) is 13.2. The summed E-state index contributed by atoms with van der Waals surface area (Å²) in [5.74, 6) is 0.961. The molecule has 0 atom stereocenters. The molecule has 1 aromatic rings. The Morgan fingerprint density at radius 1 is 1.14 bits per heavy atom. The molecule has 0 aromatic heterocycles. The van der Waals surface area contributed by atoms with Crippen LogP contribution in [0.2, 0.25) is 0 Å². The number of hydrogen-bond acceptors (Lipinski definition) is 4. The summed E-state index contributed by atoms with van der Waals surface area (Å²) in [6.45, 7) is 4.21. The average molecular weight is 298 g/mol. The van der Waals surface area contributed by atoms with Gasteiger partial charge in [-0.25, -0.2) is 14.6 Å². The van der Waals surface area contributed by atoms with Gasteiger partial charge in [0, 0.05) is 0 Å². The molecular formula is C18H22N2O2. The summed E-state index contributed by atoms with van der Waals surface area (Å²) in [5, 5.41) is 0. The van der Waals surface area contributed by atoms with Crippen molar-refractivity contribution in [1.29, 1.82) is 0 Å². The third-order valence-corrected chi connectivity index (χ3v) is 4.46. The summed E-state index contributed by atoms with van der Waals surface area (Å²) in [7, 11) is 0. The minimum Gasteiger partial charge on any atom is -0.211 e. The van der Waals surface area contributed by atoms with Crippen molar-refractivity contribution < 1.29 is 9.59 Å². The first-order chi connectivity index (χ1) is 10.6. The monoisotopic (exact) mass is 298 g/mol. The Hall–Kier alpha value is -2.02. The smallest absolute Gasteiger partial charge is 0.211 e. The zero-order chi connectivity index (χ0) is 15.9. The van der Waals surface area contributed by atoms with E-state index in [9.17, 15) is 9.59 Å². The van der Waals surface area contributed by atoms with Gasteiger partial charge in [0.05, 0.1) is 11.7 Å². The minimum absolute atomic E-state index is 0.171. The highest BCUT2D eigenvalue weighted by Gasteiger charge is 2.21. The lowest BCUT2D eigenvalue weighted by atomic mass is 9.82. The Bertz CT molecular complexity index is 604. The molecule has 4 heteroatoms. The van der Waals surface area contributed by atoms with Crippen LogP contribution in [0.4, 0.5) is 5.69 Å². The van der Waals surface area contributed by atoms with E-state index in [4.69, 9.17) is 0 Å². The molecule has 4 nitrogen and oxygen atoms in total. The van der Waals surface area contributed by atoms with Gasteiger partial charge in [0.15, 0.2) is 0 Å². The first kappa shape index (κ1) is 16.4.